The van der Waals surface area contributed by atoms with Crippen molar-refractivity contribution in [1.82, 2.24) is 14.8 Å². The largest absolute Gasteiger partial charge is 0.373 e. The first kappa shape index (κ1) is 12.0. The molecule has 0 saturated heterocycles. The molecule has 86 valence electrons. The number of rotatable bonds is 7. The fourth-order valence-corrected chi connectivity index (χ4v) is 1.37. The number of nitrogens with one attached hydrogen (secondary N) is 1. The van der Waals surface area contributed by atoms with Crippen LogP contribution < -0.4 is 5.32 Å². The second-order valence-corrected chi connectivity index (χ2v) is 3.27. The Morgan fingerprint density at radius 2 is 2.07 bits per heavy atom. The highest BCUT2D eigenvalue weighted by atomic mass is 16.5. The van der Waals surface area contributed by atoms with Crippen molar-refractivity contribution < 1.29 is 4.74 Å². The Balaban J connectivity index is 2.62. The molecule has 1 aromatic rings. The van der Waals surface area contributed by atoms with E-state index in [2.05, 4.69) is 29.4 Å². The first-order valence-corrected chi connectivity index (χ1v) is 5.57. The highest BCUT2D eigenvalue weighted by Gasteiger charge is 2.09. The summed E-state index contributed by atoms with van der Waals surface area (Å²) in [5, 5.41) is 11.4. The molecule has 1 aromatic heterocycles. The van der Waals surface area contributed by atoms with Crippen LogP contribution in [0.1, 0.15) is 33.0 Å². The molecule has 1 heterocycles. The van der Waals surface area contributed by atoms with Crippen molar-refractivity contribution >= 4 is 5.95 Å². The first-order chi connectivity index (χ1) is 7.33. The molecule has 5 nitrogen and oxygen atoms in total. The Morgan fingerprint density at radius 3 is 2.67 bits per heavy atom. The maximum atomic E-state index is 5.45. The lowest BCUT2D eigenvalue weighted by molar-refractivity contribution is 0.113. The van der Waals surface area contributed by atoms with Crippen LogP contribution in [-0.4, -0.2) is 27.9 Å². The third kappa shape index (κ3) is 3.20. The van der Waals surface area contributed by atoms with Crippen molar-refractivity contribution in [2.24, 2.45) is 0 Å². The minimum Gasteiger partial charge on any atom is -0.373 e. The van der Waals surface area contributed by atoms with Gasteiger partial charge in [-0.2, -0.15) is 0 Å². The predicted molar refractivity (Wildman–Crippen MR) is 59.8 cm³/mol. The van der Waals surface area contributed by atoms with Gasteiger partial charge in [0.1, 0.15) is 6.61 Å². The molecule has 0 radical (unpaired) electrons. The number of nitrogens with zero attached hydrogens (tertiary/aromatic N) is 3. The molecule has 0 aromatic carbocycles. The lowest BCUT2D eigenvalue weighted by atomic mass is 10.5. The average Bonchev–Trinajstić information content (AvgIpc) is 2.62. The second-order valence-electron chi connectivity index (χ2n) is 3.27. The summed E-state index contributed by atoms with van der Waals surface area (Å²) in [7, 11) is 0. The van der Waals surface area contributed by atoms with E-state index < -0.39 is 0 Å². The fourth-order valence-electron chi connectivity index (χ4n) is 1.37. The van der Waals surface area contributed by atoms with Gasteiger partial charge in [0.2, 0.25) is 5.95 Å². The van der Waals surface area contributed by atoms with Crippen LogP contribution in [0.25, 0.3) is 0 Å². The van der Waals surface area contributed by atoms with Crippen molar-refractivity contribution in [3.05, 3.63) is 5.82 Å². The van der Waals surface area contributed by atoms with E-state index in [1.54, 1.807) is 0 Å². The molecule has 0 bridgehead atoms. The molecule has 0 aliphatic heterocycles. The first-order valence-electron chi connectivity index (χ1n) is 5.57. The molecule has 0 amide bonds. The van der Waals surface area contributed by atoms with E-state index >= 15 is 0 Å². The van der Waals surface area contributed by atoms with Gasteiger partial charge in [0.15, 0.2) is 5.82 Å². The molecule has 5 heteroatoms. The van der Waals surface area contributed by atoms with Crippen molar-refractivity contribution in [2.45, 2.75) is 40.3 Å². The third-order valence-electron chi connectivity index (χ3n) is 2.06. The quantitative estimate of drug-likeness (QED) is 0.698. The number of hydrogen-bond donors (Lipinski definition) is 1. The lowest BCUT2D eigenvalue weighted by Gasteiger charge is -2.07. The molecular formula is C10H20N4O. The Hall–Kier alpha value is -1.10. The van der Waals surface area contributed by atoms with Crippen LogP contribution in [0, 0.1) is 0 Å². The summed E-state index contributed by atoms with van der Waals surface area (Å²) < 4.78 is 7.49. The van der Waals surface area contributed by atoms with E-state index in [1.165, 1.54) is 0 Å². The van der Waals surface area contributed by atoms with E-state index in [0.717, 1.165) is 37.9 Å². The molecule has 0 saturated carbocycles. The van der Waals surface area contributed by atoms with E-state index in [9.17, 15) is 0 Å². The van der Waals surface area contributed by atoms with Crippen molar-refractivity contribution in [1.29, 1.82) is 0 Å². The topological polar surface area (TPSA) is 52.0 Å². The van der Waals surface area contributed by atoms with Crippen LogP contribution in [0.15, 0.2) is 0 Å². The molecule has 0 atom stereocenters. The van der Waals surface area contributed by atoms with E-state index in [1.807, 2.05) is 11.5 Å². The van der Waals surface area contributed by atoms with Gasteiger partial charge in [0.25, 0.3) is 0 Å². The summed E-state index contributed by atoms with van der Waals surface area (Å²) in [5.74, 6) is 1.72. The Bertz CT molecular complexity index is 285. The summed E-state index contributed by atoms with van der Waals surface area (Å²) >= 11 is 0. The zero-order valence-corrected chi connectivity index (χ0v) is 9.79. The summed E-state index contributed by atoms with van der Waals surface area (Å²) in [6.07, 6.45) is 1.03. The maximum Gasteiger partial charge on any atom is 0.224 e. The third-order valence-corrected chi connectivity index (χ3v) is 2.06. The average molecular weight is 212 g/mol. The fraction of sp³-hybridized carbons (Fsp3) is 0.800. The summed E-state index contributed by atoms with van der Waals surface area (Å²) in [6, 6.07) is 0. The minimum atomic E-state index is 0.542. The summed E-state index contributed by atoms with van der Waals surface area (Å²) in [6.45, 7) is 9.24. The molecular weight excluding hydrogens is 192 g/mol. The standard InChI is InChI=1S/C10H20N4O/c1-4-7-15-8-9-12-13-10(11-5-2)14(9)6-3/h4-8H2,1-3H3,(H,11,13). The van der Waals surface area contributed by atoms with Gasteiger partial charge in [-0.15, -0.1) is 10.2 Å². The molecule has 15 heavy (non-hydrogen) atoms. The molecule has 0 spiro atoms. The number of aromatic nitrogens is 3. The van der Waals surface area contributed by atoms with Gasteiger partial charge < -0.3 is 10.1 Å². The maximum absolute atomic E-state index is 5.45. The highest BCUT2D eigenvalue weighted by Crippen LogP contribution is 2.08. The molecule has 0 aliphatic rings. The van der Waals surface area contributed by atoms with E-state index in [0.29, 0.717) is 6.61 Å². The zero-order valence-electron chi connectivity index (χ0n) is 9.79. The van der Waals surface area contributed by atoms with Crippen LogP contribution in [0.4, 0.5) is 5.95 Å². The normalized spacial score (nSPS) is 10.6. The summed E-state index contributed by atoms with van der Waals surface area (Å²) in [5.41, 5.74) is 0. The van der Waals surface area contributed by atoms with E-state index in [-0.39, 0.29) is 0 Å². The summed E-state index contributed by atoms with van der Waals surface area (Å²) in [4.78, 5) is 0. The van der Waals surface area contributed by atoms with Gasteiger partial charge in [0.05, 0.1) is 0 Å². The van der Waals surface area contributed by atoms with Gasteiger partial charge in [-0.25, -0.2) is 0 Å². The molecule has 0 unspecified atom stereocenters. The second kappa shape index (κ2) is 6.40. The lowest BCUT2D eigenvalue weighted by Crippen LogP contribution is -2.09. The SMILES string of the molecule is CCCOCc1nnc(NCC)n1CC. The predicted octanol–water partition coefficient (Wildman–Crippen LogP) is 1.66. The van der Waals surface area contributed by atoms with Crippen molar-refractivity contribution in [2.75, 3.05) is 18.5 Å². The Kier molecular flexibility index (Phi) is 5.10. The van der Waals surface area contributed by atoms with Crippen LogP contribution >= 0.6 is 0 Å². The van der Waals surface area contributed by atoms with Gasteiger partial charge in [0, 0.05) is 19.7 Å². The molecule has 0 fully saturated rings. The van der Waals surface area contributed by atoms with Crippen molar-refractivity contribution in [3.8, 4) is 0 Å². The van der Waals surface area contributed by atoms with Crippen LogP contribution in [-0.2, 0) is 17.9 Å². The smallest absolute Gasteiger partial charge is 0.224 e. The van der Waals surface area contributed by atoms with E-state index in [4.69, 9.17) is 4.74 Å². The number of anilines is 1. The van der Waals surface area contributed by atoms with Crippen LogP contribution in [0.3, 0.4) is 0 Å². The van der Waals surface area contributed by atoms with Gasteiger partial charge in [-0.05, 0) is 20.3 Å². The van der Waals surface area contributed by atoms with Gasteiger partial charge in [-0.1, -0.05) is 6.92 Å². The molecule has 1 rings (SSSR count). The van der Waals surface area contributed by atoms with Gasteiger partial charge in [-0.3, -0.25) is 4.57 Å². The highest BCUT2D eigenvalue weighted by molar-refractivity contribution is 5.25. The Morgan fingerprint density at radius 1 is 1.27 bits per heavy atom. The van der Waals surface area contributed by atoms with Gasteiger partial charge >= 0.3 is 0 Å². The monoisotopic (exact) mass is 212 g/mol. The Labute approximate surface area is 90.8 Å². The van der Waals surface area contributed by atoms with Crippen LogP contribution in [0.2, 0.25) is 0 Å². The zero-order chi connectivity index (χ0) is 11.1. The van der Waals surface area contributed by atoms with Crippen molar-refractivity contribution in [3.63, 3.8) is 0 Å². The van der Waals surface area contributed by atoms with Crippen LogP contribution in [0.5, 0.6) is 0 Å². The molecule has 1 N–H and O–H groups in total. The number of ether oxygens (including phenoxy) is 1. The molecule has 0 aliphatic carbocycles. The number of hydrogen-bond acceptors (Lipinski definition) is 4. The minimum absolute atomic E-state index is 0.542.